The van der Waals surface area contributed by atoms with E-state index in [4.69, 9.17) is 28.9 Å². The second kappa shape index (κ2) is 5.51. The van der Waals surface area contributed by atoms with Crippen LogP contribution in [0.3, 0.4) is 0 Å². The molecular weight excluding hydrogens is 283 g/mol. The van der Waals surface area contributed by atoms with Crippen LogP contribution >= 0.6 is 23.2 Å². The number of carbonyl (C=O) groups excluding carboxylic acids is 1. The normalized spacial score (nSPS) is 10.3. The molecule has 0 atom stereocenters. The Balaban J connectivity index is 2.28. The van der Waals surface area contributed by atoms with Gasteiger partial charge in [0, 0.05) is 11.4 Å². The summed E-state index contributed by atoms with van der Waals surface area (Å²) in [6.45, 7) is 1.87. The summed E-state index contributed by atoms with van der Waals surface area (Å²) in [6.07, 6.45) is 0. The highest BCUT2D eigenvalue weighted by Gasteiger charge is 2.14. The van der Waals surface area contributed by atoms with Gasteiger partial charge in [-0.25, -0.2) is 0 Å². The quantitative estimate of drug-likeness (QED) is 0.818. The van der Waals surface area contributed by atoms with Gasteiger partial charge in [-0.1, -0.05) is 29.3 Å². The van der Waals surface area contributed by atoms with Crippen molar-refractivity contribution in [3.05, 3.63) is 57.6 Å². The van der Waals surface area contributed by atoms with Crippen LogP contribution < -0.4 is 11.1 Å². The highest BCUT2D eigenvalue weighted by molar-refractivity contribution is 6.40. The van der Waals surface area contributed by atoms with Crippen LogP contribution in [0.1, 0.15) is 15.9 Å². The molecule has 0 spiro atoms. The third-order valence-electron chi connectivity index (χ3n) is 2.72. The van der Waals surface area contributed by atoms with Crippen LogP contribution in [0, 0.1) is 6.92 Å². The van der Waals surface area contributed by atoms with E-state index in [2.05, 4.69) is 5.32 Å². The minimum atomic E-state index is -0.347. The molecule has 98 valence electrons. The SMILES string of the molecule is Cc1cc(NC(=O)c2c(Cl)cccc2Cl)ccc1N. The first-order valence-electron chi connectivity index (χ1n) is 5.60. The van der Waals surface area contributed by atoms with Gasteiger partial charge in [0.1, 0.15) is 0 Å². The predicted molar refractivity (Wildman–Crippen MR) is 80.0 cm³/mol. The van der Waals surface area contributed by atoms with Crippen molar-refractivity contribution in [2.45, 2.75) is 6.92 Å². The average Bonchev–Trinajstić information content (AvgIpc) is 2.33. The Bertz CT molecular complexity index is 621. The molecule has 0 saturated heterocycles. The van der Waals surface area contributed by atoms with Gasteiger partial charge in [0.15, 0.2) is 0 Å². The number of nitrogens with two attached hydrogens (primary N) is 1. The Morgan fingerprint density at radius 2 is 1.79 bits per heavy atom. The molecule has 0 aliphatic carbocycles. The molecule has 19 heavy (non-hydrogen) atoms. The molecule has 0 fully saturated rings. The Morgan fingerprint density at radius 1 is 1.16 bits per heavy atom. The van der Waals surface area contributed by atoms with Crippen LogP contribution in [0.25, 0.3) is 0 Å². The van der Waals surface area contributed by atoms with E-state index >= 15 is 0 Å². The van der Waals surface area contributed by atoms with Gasteiger partial charge in [0.25, 0.3) is 5.91 Å². The number of halogens is 2. The predicted octanol–water partition coefficient (Wildman–Crippen LogP) is 4.14. The lowest BCUT2D eigenvalue weighted by Crippen LogP contribution is -2.13. The van der Waals surface area contributed by atoms with E-state index in [1.54, 1.807) is 36.4 Å². The highest BCUT2D eigenvalue weighted by atomic mass is 35.5. The third kappa shape index (κ3) is 3.00. The van der Waals surface area contributed by atoms with Crippen molar-refractivity contribution in [3.8, 4) is 0 Å². The third-order valence-corrected chi connectivity index (χ3v) is 3.35. The van der Waals surface area contributed by atoms with Crippen LogP contribution in [-0.2, 0) is 0 Å². The second-order valence-corrected chi connectivity index (χ2v) is 4.94. The van der Waals surface area contributed by atoms with Crippen LogP contribution in [0.2, 0.25) is 10.0 Å². The summed E-state index contributed by atoms with van der Waals surface area (Å²) in [7, 11) is 0. The summed E-state index contributed by atoms with van der Waals surface area (Å²) in [5.41, 5.74) is 8.20. The average molecular weight is 295 g/mol. The molecule has 1 amide bonds. The zero-order valence-corrected chi connectivity index (χ0v) is 11.7. The van der Waals surface area contributed by atoms with Gasteiger partial charge in [0.05, 0.1) is 15.6 Å². The van der Waals surface area contributed by atoms with E-state index in [1.807, 2.05) is 6.92 Å². The van der Waals surface area contributed by atoms with E-state index in [-0.39, 0.29) is 11.5 Å². The lowest BCUT2D eigenvalue weighted by Gasteiger charge is -2.09. The van der Waals surface area contributed by atoms with Gasteiger partial charge in [0.2, 0.25) is 0 Å². The first-order valence-corrected chi connectivity index (χ1v) is 6.36. The number of nitrogen functional groups attached to an aromatic ring is 1. The van der Waals surface area contributed by atoms with Crippen molar-refractivity contribution in [1.29, 1.82) is 0 Å². The maximum Gasteiger partial charge on any atom is 0.258 e. The van der Waals surface area contributed by atoms with Gasteiger partial charge < -0.3 is 11.1 Å². The molecule has 0 unspecified atom stereocenters. The number of anilines is 2. The van der Waals surface area contributed by atoms with Gasteiger partial charge in [-0.15, -0.1) is 0 Å². The molecule has 3 N–H and O–H groups in total. The van der Waals surface area contributed by atoms with Crippen LogP contribution in [0.4, 0.5) is 11.4 Å². The van der Waals surface area contributed by atoms with Crippen LogP contribution in [-0.4, -0.2) is 5.91 Å². The minimum Gasteiger partial charge on any atom is -0.399 e. The fraction of sp³-hybridized carbons (Fsp3) is 0.0714. The summed E-state index contributed by atoms with van der Waals surface area (Å²) >= 11 is 12.0. The zero-order valence-electron chi connectivity index (χ0n) is 10.2. The fourth-order valence-corrected chi connectivity index (χ4v) is 2.23. The number of rotatable bonds is 2. The molecule has 0 heterocycles. The van der Waals surface area contributed by atoms with Crippen molar-refractivity contribution < 1.29 is 4.79 Å². The lowest BCUT2D eigenvalue weighted by atomic mass is 10.1. The van der Waals surface area contributed by atoms with Crippen molar-refractivity contribution in [3.63, 3.8) is 0 Å². The molecule has 2 aromatic rings. The number of benzene rings is 2. The Kier molecular flexibility index (Phi) is 3.98. The number of nitrogens with one attached hydrogen (secondary N) is 1. The summed E-state index contributed by atoms with van der Waals surface area (Å²) in [5, 5.41) is 3.38. The summed E-state index contributed by atoms with van der Waals surface area (Å²) in [5.74, 6) is -0.347. The molecule has 0 bridgehead atoms. The minimum absolute atomic E-state index is 0.264. The Hall–Kier alpha value is -1.71. The maximum absolute atomic E-state index is 12.1. The fourth-order valence-electron chi connectivity index (χ4n) is 1.66. The molecule has 5 heteroatoms. The zero-order chi connectivity index (χ0) is 14.0. The van der Waals surface area contributed by atoms with Crippen molar-refractivity contribution >= 4 is 40.5 Å². The van der Waals surface area contributed by atoms with E-state index in [1.165, 1.54) is 0 Å². The summed E-state index contributed by atoms with van der Waals surface area (Å²) < 4.78 is 0. The second-order valence-electron chi connectivity index (χ2n) is 4.12. The number of amides is 1. The Morgan fingerprint density at radius 3 is 2.37 bits per heavy atom. The first kappa shape index (κ1) is 13.7. The number of carbonyl (C=O) groups is 1. The van der Waals surface area contributed by atoms with Crippen molar-refractivity contribution in [2.24, 2.45) is 0 Å². The molecule has 0 aliphatic heterocycles. The molecule has 0 aliphatic rings. The first-order chi connectivity index (χ1) is 8.99. The number of hydrogen-bond acceptors (Lipinski definition) is 2. The van der Waals surface area contributed by atoms with Gasteiger partial charge >= 0.3 is 0 Å². The molecule has 0 aromatic heterocycles. The molecule has 3 nitrogen and oxygen atoms in total. The lowest BCUT2D eigenvalue weighted by molar-refractivity contribution is 0.102. The molecule has 2 aromatic carbocycles. The van der Waals surface area contributed by atoms with Crippen molar-refractivity contribution in [1.82, 2.24) is 0 Å². The van der Waals surface area contributed by atoms with Gasteiger partial charge in [-0.2, -0.15) is 0 Å². The number of aryl methyl sites for hydroxylation is 1. The topological polar surface area (TPSA) is 55.1 Å². The molecular formula is C14H12Cl2N2O. The monoisotopic (exact) mass is 294 g/mol. The largest absolute Gasteiger partial charge is 0.399 e. The van der Waals surface area contributed by atoms with Gasteiger partial charge in [-0.05, 0) is 42.8 Å². The Labute approximate surface area is 121 Å². The highest BCUT2D eigenvalue weighted by Crippen LogP contribution is 2.25. The molecule has 2 rings (SSSR count). The molecule has 0 radical (unpaired) electrons. The van der Waals surface area contributed by atoms with Crippen molar-refractivity contribution in [2.75, 3.05) is 11.1 Å². The van der Waals surface area contributed by atoms with Crippen LogP contribution in [0.5, 0.6) is 0 Å². The van der Waals surface area contributed by atoms with Crippen LogP contribution in [0.15, 0.2) is 36.4 Å². The standard InChI is InChI=1S/C14H12Cl2N2O/c1-8-7-9(5-6-12(8)17)18-14(19)13-10(15)3-2-4-11(13)16/h2-7H,17H2,1H3,(H,18,19). The number of hydrogen-bond donors (Lipinski definition) is 2. The smallest absolute Gasteiger partial charge is 0.258 e. The summed E-state index contributed by atoms with van der Waals surface area (Å²) in [4.78, 5) is 12.1. The van der Waals surface area contributed by atoms with E-state index in [0.717, 1.165) is 5.56 Å². The van der Waals surface area contributed by atoms with Gasteiger partial charge in [-0.3, -0.25) is 4.79 Å². The maximum atomic E-state index is 12.1. The van der Waals surface area contributed by atoms with E-state index < -0.39 is 0 Å². The van der Waals surface area contributed by atoms with E-state index in [9.17, 15) is 4.79 Å². The molecule has 0 saturated carbocycles. The summed E-state index contributed by atoms with van der Waals surface area (Å²) in [6, 6.07) is 10.2. The van der Waals surface area contributed by atoms with E-state index in [0.29, 0.717) is 21.4 Å².